The van der Waals surface area contributed by atoms with Crippen LogP contribution in [0.1, 0.15) is 11.3 Å². The van der Waals surface area contributed by atoms with Crippen LogP contribution in [0.25, 0.3) is 11.8 Å². The molecule has 2 aromatic rings. The van der Waals surface area contributed by atoms with Gasteiger partial charge in [-0.05, 0) is 17.7 Å². The summed E-state index contributed by atoms with van der Waals surface area (Å²) in [4.78, 5) is 4.83. The van der Waals surface area contributed by atoms with Crippen LogP contribution < -0.4 is 9.47 Å². The van der Waals surface area contributed by atoms with Gasteiger partial charge in [-0.2, -0.15) is 0 Å². The molecule has 2 aliphatic rings. The molecule has 0 N–H and O–H groups in total. The second kappa shape index (κ2) is 9.71. The average molecular weight is 511 g/mol. The molecule has 2 aliphatic heterocycles. The first kappa shape index (κ1) is 26.2. The molecule has 0 saturated carbocycles. The molecule has 0 radical (unpaired) electrons. The van der Waals surface area contributed by atoms with E-state index in [1.165, 1.54) is 22.8 Å². The molecule has 12 heteroatoms. The molecule has 2 saturated heterocycles. The number of nitrogens with zero attached hydrogens (tertiary/aromatic N) is 3. The second-order valence-electron chi connectivity index (χ2n) is 7.92. The third kappa shape index (κ3) is 9.12. The Labute approximate surface area is 194 Å². The minimum absolute atomic E-state index is 0.782. The number of morpholine rings is 2. The quantitative estimate of drug-likeness (QED) is 0.305. The maximum absolute atomic E-state index is 10.7. The third-order valence-corrected chi connectivity index (χ3v) is 5.28. The number of aromatic nitrogens is 1. The van der Waals surface area contributed by atoms with Crippen LogP contribution in [0.5, 0.6) is 0 Å². The number of hydrogen-bond donors (Lipinski definition) is 0. The Bertz CT molecular complexity index is 980. The molecule has 1 aromatic carbocycles. The molecule has 0 spiro atoms. The van der Waals surface area contributed by atoms with Gasteiger partial charge in [-0.3, -0.25) is 4.90 Å². The van der Waals surface area contributed by atoms with Gasteiger partial charge in [0.1, 0.15) is 18.8 Å². The molecular weight excluding hydrogens is 483 g/mol. The van der Waals surface area contributed by atoms with Crippen LogP contribution in [0.4, 0.5) is 31.0 Å². The molecular formula is C22H28F6N3O2P. The third-order valence-electron chi connectivity index (χ3n) is 5.28. The normalized spacial score (nSPS) is 19.6. The molecule has 190 valence electrons. The van der Waals surface area contributed by atoms with Gasteiger partial charge < -0.3 is 14.4 Å². The van der Waals surface area contributed by atoms with Gasteiger partial charge in [0, 0.05) is 30.9 Å². The first-order valence-electron chi connectivity index (χ1n) is 10.8. The van der Waals surface area contributed by atoms with E-state index in [0.29, 0.717) is 0 Å². The summed E-state index contributed by atoms with van der Waals surface area (Å²) in [5.41, 5.74) is 3.70. The fourth-order valence-corrected chi connectivity index (χ4v) is 3.75. The number of ether oxygens (including phenoxy) is 2. The Morgan fingerprint density at radius 1 is 0.794 bits per heavy atom. The number of rotatable bonds is 4. The summed E-state index contributed by atoms with van der Waals surface area (Å²) < 4.78 is 72.6. The molecule has 0 aliphatic carbocycles. The molecule has 2 fully saturated rings. The van der Waals surface area contributed by atoms with Crippen molar-refractivity contribution in [3.05, 3.63) is 59.8 Å². The van der Waals surface area contributed by atoms with E-state index >= 15 is 0 Å². The Kier molecular flexibility index (Phi) is 7.50. The number of halogens is 6. The average Bonchev–Trinajstić information content (AvgIpc) is 2.78. The number of anilines is 1. The van der Waals surface area contributed by atoms with Gasteiger partial charge >= 0.3 is 33.0 Å². The van der Waals surface area contributed by atoms with Crippen LogP contribution in [0.2, 0.25) is 0 Å². The predicted molar refractivity (Wildman–Crippen MR) is 121 cm³/mol. The van der Waals surface area contributed by atoms with Crippen LogP contribution >= 0.6 is 7.81 Å². The zero-order chi connectivity index (χ0) is 24.9. The summed E-state index contributed by atoms with van der Waals surface area (Å²) in [5, 5.41) is 0. The van der Waals surface area contributed by atoms with Crippen molar-refractivity contribution in [2.24, 2.45) is 7.05 Å². The maximum atomic E-state index is 9.87. The van der Waals surface area contributed by atoms with E-state index in [-0.39, 0.29) is 0 Å². The first-order chi connectivity index (χ1) is 15.8. The van der Waals surface area contributed by atoms with E-state index in [9.17, 15) is 25.2 Å². The van der Waals surface area contributed by atoms with Gasteiger partial charge in [0.25, 0.3) is 5.82 Å². The van der Waals surface area contributed by atoms with Crippen molar-refractivity contribution in [1.82, 2.24) is 4.90 Å². The molecule has 34 heavy (non-hydrogen) atoms. The summed E-state index contributed by atoms with van der Waals surface area (Å²) >= 11 is 0. The molecule has 0 unspecified atom stereocenters. The Balaban J connectivity index is 0.000000406. The van der Waals surface area contributed by atoms with E-state index < -0.39 is 7.81 Å². The Morgan fingerprint density at radius 3 is 1.88 bits per heavy atom. The number of benzene rings is 1. The molecule has 0 amide bonds. The van der Waals surface area contributed by atoms with Crippen LogP contribution in [0, 0.1) is 0 Å². The van der Waals surface area contributed by atoms with Gasteiger partial charge in [-0.25, -0.2) is 4.57 Å². The van der Waals surface area contributed by atoms with Gasteiger partial charge in [0.05, 0.1) is 33.5 Å². The predicted octanol–water partition coefficient (Wildman–Crippen LogP) is 5.56. The Hall–Kier alpha value is -2.36. The van der Waals surface area contributed by atoms with Gasteiger partial charge in [0.2, 0.25) is 0 Å². The second-order valence-corrected chi connectivity index (χ2v) is 9.84. The van der Waals surface area contributed by atoms with Crippen LogP contribution in [-0.4, -0.2) is 57.5 Å². The van der Waals surface area contributed by atoms with E-state index in [4.69, 9.17) is 9.47 Å². The SMILES string of the molecule is C[n+]1c(/C=C(\c2ccccc2)N2CCOCC2)cccc1N1CCOCC1.F[P-](F)(F)(F)(F)F. The zero-order valence-electron chi connectivity index (χ0n) is 18.7. The van der Waals surface area contributed by atoms with Crippen molar-refractivity contribution in [3.63, 3.8) is 0 Å². The van der Waals surface area contributed by atoms with E-state index in [1.54, 1.807) is 0 Å². The Morgan fingerprint density at radius 2 is 1.32 bits per heavy atom. The standard InChI is InChI=1S/C22H28N3O2.F6P/c1-23-20(8-5-9-22(23)25-12-16-27-17-13-25)18-21(19-6-3-2-4-7-19)24-10-14-26-15-11-24;1-7(2,3,4,5)6/h2-9,18H,10-17H2,1H3;/q+1;-1. The van der Waals surface area contributed by atoms with E-state index in [0.717, 1.165) is 52.6 Å². The zero-order valence-corrected chi connectivity index (χ0v) is 19.6. The fourth-order valence-electron chi connectivity index (χ4n) is 3.75. The summed E-state index contributed by atoms with van der Waals surface area (Å²) in [6.45, 7) is 6.88. The van der Waals surface area contributed by atoms with Crippen molar-refractivity contribution in [3.8, 4) is 0 Å². The molecule has 5 nitrogen and oxygen atoms in total. The van der Waals surface area contributed by atoms with Crippen molar-refractivity contribution >= 4 is 25.4 Å². The summed E-state index contributed by atoms with van der Waals surface area (Å²) in [6.07, 6.45) is 2.31. The minimum atomic E-state index is -10.7. The molecule has 4 rings (SSSR count). The van der Waals surface area contributed by atoms with Crippen molar-refractivity contribution in [2.45, 2.75) is 0 Å². The van der Waals surface area contributed by atoms with E-state index in [2.05, 4.69) is 76.0 Å². The van der Waals surface area contributed by atoms with Crippen LogP contribution in [0.15, 0.2) is 48.5 Å². The summed E-state index contributed by atoms with van der Waals surface area (Å²) in [5.74, 6) is 1.24. The van der Waals surface area contributed by atoms with Crippen LogP contribution in [-0.2, 0) is 16.5 Å². The van der Waals surface area contributed by atoms with Crippen LogP contribution in [0.3, 0.4) is 0 Å². The fraction of sp³-hybridized carbons (Fsp3) is 0.409. The molecule has 0 atom stereocenters. The number of hydrogen-bond acceptors (Lipinski definition) is 4. The van der Waals surface area contributed by atoms with Crippen molar-refractivity contribution in [1.29, 1.82) is 0 Å². The van der Waals surface area contributed by atoms with E-state index in [1.807, 2.05) is 0 Å². The van der Waals surface area contributed by atoms with Gasteiger partial charge in [-0.1, -0.05) is 30.3 Å². The molecule has 3 heterocycles. The summed E-state index contributed by atoms with van der Waals surface area (Å²) in [6, 6.07) is 17.2. The molecule has 1 aromatic heterocycles. The van der Waals surface area contributed by atoms with Crippen molar-refractivity contribution < 1.29 is 39.2 Å². The summed E-state index contributed by atoms with van der Waals surface area (Å²) in [7, 11) is -8.51. The monoisotopic (exact) mass is 511 g/mol. The first-order valence-corrected chi connectivity index (χ1v) is 12.8. The van der Waals surface area contributed by atoms with Gasteiger partial charge in [-0.15, -0.1) is 0 Å². The molecule has 0 bridgehead atoms. The van der Waals surface area contributed by atoms with Crippen molar-refractivity contribution in [2.75, 3.05) is 57.5 Å². The number of pyridine rings is 1. The topological polar surface area (TPSA) is 28.8 Å². The van der Waals surface area contributed by atoms with Gasteiger partial charge in [0.15, 0.2) is 0 Å².